The number of piperidine rings is 1. The molecule has 2 aromatic rings. The summed E-state index contributed by atoms with van der Waals surface area (Å²) in [5.74, 6) is -1.77. The highest BCUT2D eigenvalue weighted by Crippen LogP contribution is 2.31. The van der Waals surface area contributed by atoms with E-state index < -0.39 is 26.6 Å². The molecule has 6 nitrogen and oxygen atoms in total. The largest absolute Gasteiger partial charge is 0.326 e. The Balaban J connectivity index is 1.37. The minimum atomic E-state index is -4.09. The second kappa shape index (κ2) is 10.1. The van der Waals surface area contributed by atoms with Gasteiger partial charge in [-0.1, -0.05) is 26.0 Å². The summed E-state index contributed by atoms with van der Waals surface area (Å²) in [6, 6.07) is 8.40. The normalized spacial score (nSPS) is 17.8. The van der Waals surface area contributed by atoms with Gasteiger partial charge in [0.15, 0.2) is 0 Å². The topological polar surface area (TPSA) is 69.7 Å². The number of hydrogen-bond acceptors (Lipinski definition) is 4. The molecule has 2 heterocycles. The van der Waals surface area contributed by atoms with Crippen molar-refractivity contribution < 1.29 is 22.0 Å². The minimum absolute atomic E-state index is 0.104. The second-order valence-corrected chi connectivity index (χ2v) is 11.5. The number of anilines is 1. The highest BCUT2D eigenvalue weighted by molar-refractivity contribution is 7.89. The van der Waals surface area contributed by atoms with E-state index in [4.69, 9.17) is 0 Å². The number of amides is 1. The third kappa shape index (κ3) is 5.31. The van der Waals surface area contributed by atoms with Gasteiger partial charge < -0.3 is 5.32 Å². The highest BCUT2D eigenvalue weighted by Gasteiger charge is 2.34. The smallest absolute Gasteiger partial charge is 0.245 e. The van der Waals surface area contributed by atoms with Crippen LogP contribution in [0.4, 0.5) is 14.5 Å². The third-order valence-electron chi connectivity index (χ3n) is 6.67. The zero-order valence-corrected chi connectivity index (χ0v) is 20.4. The van der Waals surface area contributed by atoms with Crippen LogP contribution in [0.3, 0.4) is 0 Å². The Bertz CT molecular complexity index is 1160. The number of sulfonamides is 1. The number of rotatable bonds is 7. The summed E-state index contributed by atoms with van der Waals surface area (Å²) in [6.07, 6.45) is 1.80. The molecule has 0 spiro atoms. The number of carbonyl (C=O) groups excluding carboxylic acids is 1. The molecule has 34 heavy (non-hydrogen) atoms. The van der Waals surface area contributed by atoms with Gasteiger partial charge in [0, 0.05) is 43.9 Å². The molecule has 2 aliphatic heterocycles. The number of hydrogen-bond donors (Lipinski definition) is 1. The molecule has 0 bridgehead atoms. The maximum atomic E-state index is 14.1. The van der Waals surface area contributed by atoms with Gasteiger partial charge in [-0.2, -0.15) is 4.31 Å². The van der Waals surface area contributed by atoms with Crippen molar-refractivity contribution in [3.63, 3.8) is 0 Å². The lowest BCUT2D eigenvalue weighted by Gasteiger charge is -2.30. The van der Waals surface area contributed by atoms with Gasteiger partial charge in [-0.15, -0.1) is 0 Å². The summed E-state index contributed by atoms with van der Waals surface area (Å²) in [4.78, 5) is 14.8. The predicted molar refractivity (Wildman–Crippen MR) is 126 cm³/mol. The third-order valence-corrected chi connectivity index (χ3v) is 8.60. The summed E-state index contributed by atoms with van der Waals surface area (Å²) >= 11 is 0. The average molecular weight is 492 g/mol. The Hall–Kier alpha value is -2.36. The molecule has 0 atom stereocenters. The van der Waals surface area contributed by atoms with Gasteiger partial charge in [-0.25, -0.2) is 17.2 Å². The maximum Gasteiger partial charge on any atom is 0.245 e. The molecule has 1 saturated heterocycles. The van der Waals surface area contributed by atoms with Crippen molar-refractivity contribution in [3.8, 4) is 0 Å². The fraction of sp³-hybridized carbons (Fsp3) is 0.480. The van der Waals surface area contributed by atoms with Gasteiger partial charge in [0.2, 0.25) is 15.9 Å². The van der Waals surface area contributed by atoms with Gasteiger partial charge in [0.25, 0.3) is 0 Å². The van der Waals surface area contributed by atoms with Crippen LogP contribution in [0.2, 0.25) is 0 Å². The molecule has 2 aromatic carbocycles. The van der Waals surface area contributed by atoms with Crippen LogP contribution in [0.15, 0.2) is 41.3 Å². The van der Waals surface area contributed by atoms with Crippen LogP contribution in [0.1, 0.15) is 44.2 Å². The van der Waals surface area contributed by atoms with E-state index in [9.17, 15) is 22.0 Å². The van der Waals surface area contributed by atoms with E-state index in [1.165, 1.54) is 9.87 Å². The molecular formula is C25H31F2N3O3S. The minimum Gasteiger partial charge on any atom is -0.326 e. The van der Waals surface area contributed by atoms with Crippen LogP contribution in [0.5, 0.6) is 0 Å². The fourth-order valence-corrected chi connectivity index (χ4v) is 6.14. The summed E-state index contributed by atoms with van der Waals surface area (Å²) in [5.41, 5.74) is 3.19. The van der Waals surface area contributed by atoms with Crippen LogP contribution in [-0.4, -0.2) is 43.2 Å². The Morgan fingerprint density at radius 2 is 1.85 bits per heavy atom. The van der Waals surface area contributed by atoms with Crippen molar-refractivity contribution in [2.24, 2.45) is 11.8 Å². The summed E-state index contributed by atoms with van der Waals surface area (Å²) in [7, 11) is -4.09. The van der Waals surface area contributed by atoms with Gasteiger partial charge in [0.05, 0.1) is 0 Å². The van der Waals surface area contributed by atoms with E-state index in [2.05, 4.69) is 30.1 Å². The monoisotopic (exact) mass is 491 g/mol. The first-order valence-corrected chi connectivity index (χ1v) is 13.2. The van der Waals surface area contributed by atoms with Crippen molar-refractivity contribution in [2.45, 2.75) is 51.1 Å². The van der Waals surface area contributed by atoms with Gasteiger partial charge in [-0.05, 0) is 61.1 Å². The van der Waals surface area contributed by atoms with Crippen molar-refractivity contribution in [1.29, 1.82) is 0 Å². The molecule has 1 N–H and O–H groups in total. The molecule has 2 aliphatic rings. The lowest BCUT2D eigenvalue weighted by molar-refractivity contribution is -0.120. The van der Waals surface area contributed by atoms with E-state index >= 15 is 0 Å². The van der Waals surface area contributed by atoms with Crippen molar-refractivity contribution in [1.82, 2.24) is 9.21 Å². The molecule has 0 aromatic heterocycles. The van der Waals surface area contributed by atoms with Gasteiger partial charge >= 0.3 is 0 Å². The standard InChI is InChI=1S/C25H31F2N3O3S/c1-17(2)8-11-29-15-19-4-3-5-23(21(19)16-29)28-25(31)18-9-12-30(13-10-18)34(32,33)24-7-6-20(26)14-22(24)27/h3-7,14,17-18H,8-13,15-16H2,1-2H3,(H,28,31). The van der Waals surface area contributed by atoms with Crippen molar-refractivity contribution in [3.05, 3.63) is 59.2 Å². The Kier molecular flexibility index (Phi) is 7.35. The van der Waals surface area contributed by atoms with E-state index in [1.54, 1.807) is 0 Å². The number of carbonyl (C=O) groups is 1. The van der Waals surface area contributed by atoms with Crippen LogP contribution >= 0.6 is 0 Å². The number of benzene rings is 2. The molecule has 0 radical (unpaired) electrons. The first-order valence-electron chi connectivity index (χ1n) is 11.7. The molecule has 0 saturated carbocycles. The molecule has 1 amide bonds. The number of fused-ring (bicyclic) bond motifs is 1. The summed E-state index contributed by atoms with van der Waals surface area (Å²) < 4.78 is 54.0. The quantitative estimate of drug-likeness (QED) is 0.625. The predicted octanol–water partition coefficient (Wildman–Crippen LogP) is 4.37. The molecular weight excluding hydrogens is 460 g/mol. The van der Waals surface area contributed by atoms with Crippen LogP contribution in [0, 0.1) is 23.5 Å². The van der Waals surface area contributed by atoms with Gasteiger partial charge in [-0.3, -0.25) is 9.69 Å². The number of halogens is 2. The Labute approximate surface area is 200 Å². The van der Waals surface area contributed by atoms with Gasteiger partial charge in [0.1, 0.15) is 16.5 Å². The molecule has 184 valence electrons. The van der Waals surface area contributed by atoms with Crippen molar-refractivity contribution >= 4 is 21.6 Å². The average Bonchev–Trinajstić information content (AvgIpc) is 3.22. The zero-order chi connectivity index (χ0) is 24.5. The first kappa shape index (κ1) is 24.8. The van der Waals surface area contributed by atoms with E-state index in [1.807, 2.05) is 12.1 Å². The molecule has 9 heteroatoms. The molecule has 4 rings (SSSR count). The number of nitrogens with zero attached hydrogens (tertiary/aromatic N) is 2. The first-order chi connectivity index (χ1) is 16.1. The summed E-state index contributed by atoms with van der Waals surface area (Å²) in [6.45, 7) is 7.32. The number of nitrogens with one attached hydrogen (secondary N) is 1. The van der Waals surface area contributed by atoms with Crippen LogP contribution in [-0.2, 0) is 27.9 Å². The SMILES string of the molecule is CC(C)CCN1Cc2cccc(NC(=O)C3CCN(S(=O)(=O)c4ccc(F)cc4F)CC3)c2C1. The molecule has 1 fully saturated rings. The Morgan fingerprint density at radius 3 is 2.53 bits per heavy atom. The molecule has 0 unspecified atom stereocenters. The van der Waals surface area contributed by atoms with E-state index in [-0.39, 0.29) is 24.9 Å². The van der Waals surface area contributed by atoms with Crippen LogP contribution < -0.4 is 5.32 Å². The lowest BCUT2D eigenvalue weighted by atomic mass is 9.97. The summed E-state index contributed by atoms with van der Waals surface area (Å²) in [5, 5.41) is 3.06. The Morgan fingerprint density at radius 1 is 1.12 bits per heavy atom. The van der Waals surface area contributed by atoms with Crippen molar-refractivity contribution in [2.75, 3.05) is 25.0 Å². The highest BCUT2D eigenvalue weighted by atomic mass is 32.2. The fourth-order valence-electron chi connectivity index (χ4n) is 4.62. The molecule has 0 aliphatic carbocycles. The lowest BCUT2D eigenvalue weighted by Crippen LogP contribution is -2.41. The van der Waals surface area contributed by atoms with Crippen LogP contribution in [0.25, 0.3) is 0 Å². The second-order valence-electron chi connectivity index (χ2n) is 9.58. The zero-order valence-electron chi connectivity index (χ0n) is 19.6. The van der Waals surface area contributed by atoms with E-state index in [0.29, 0.717) is 24.8 Å². The van der Waals surface area contributed by atoms with E-state index in [0.717, 1.165) is 49.4 Å². The maximum absolute atomic E-state index is 14.1.